The molecular weight excluding hydrogens is 526 g/mol. The molecule has 1 amide bonds. The first-order chi connectivity index (χ1) is 20.3. The standard InChI is InChI=1S/C18H27NO3.C18H36O2/c1-14(2)8-6-4-5-7-9-18(21)19-13-15-10-11-16(20)17(12-15)22-3;1-2-3-4-5-6-7-8-9-10-11-12-13-14-15-16-17-18(19)20/h6,8,10-12,14,20H,4-5,7,9,13H2,1-3H3,(H,19,21);2-17H2,1H3,(H,19,20). The Balaban J connectivity index is 0.000000805. The second-order valence-electron chi connectivity index (χ2n) is 11.8. The van der Waals surface area contributed by atoms with E-state index in [2.05, 4.69) is 38.2 Å². The molecule has 1 aromatic carbocycles. The fourth-order valence-electron chi connectivity index (χ4n) is 4.68. The van der Waals surface area contributed by atoms with Crippen LogP contribution in [0.15, 0.2) is 30.4 Å². The predicted molar refractivity (Wildman–Crippen MR) is 176 cm³/mol. The van der Waals surface area contributed by atoms with Crippen LogP contribution in [0.3, 0.4) is 0 Å². The van der Waals surface area contributed by atoms with Crippen LogP contribution in [-0.4, -0.2) is 29.2 Å². The van der Waals surface area contributed by atoms with Crippen molar-refractivity contribution in [3.05, 3.63) is 35.9 Å². The van der Waals surface area contributed by atoms with Gasteiger partial charge in [0.1, 0.15) is 0 Å². The minimum Gasteiger partial charge on any atom is -0.504 e. The number of aromatic hydroxyl groups is 1. The summed E-state index contributed by atoms with van der Waals surface area (Å²) < 4.78 is 5.04. The van der Waals surface area contributed by atoms with Gasteiger partial charge in [-0.2, -0.15) is 0 Å². The van der Waals surface area contributed by atoms with Crippen molar-refractivity contribution in [2.24, 2.45) is 5.92 Å². The van der Waals surface area contributed by atoms with Crippen LogP contribution in [0.4, 0.5) is 0 Å². The first-order valence-corrected chi connectivity index (χ1v) is 16.8. The van der Waals surface area contributed by atoms with Crippen LogP contribution in [0.5, 0.6) is 11.5 Å². The lowest BCUT2D eigenvalue weighted by atomic mass is 10.0. The monoisotopic (exact) mass is 589 g/mol. The lowest BCUT2D eigenvalue weighted by Gasteiger charge is -2.08. The third kappa shape index (κ3) is 26.4. The Morgan fingerprint density at radius 1 is 0.810 bits per heavy atom. The average Bonchev–Trinajstić information content (AvgIpc) is 2.96. The summed E-state index contributed by atoms with van der Waals surface area (Å²) in [7, 11) is 1.51. The summed E-state index contributed by atoms with van der Waals surface area (Å²) in [4.78, 5) is 22.1. The summed E-state index contributed by atoms with van der Waals surface area (Å²) >= 11 is 0. The largest absolute Gasteiger partial charge is 0.504 e. The molecule has 6 nitrogen and oxygen atoms in total. The molecule has 0 saturated carbocycles. The molecule has 0 aliphatic carbocycles. The number of phenolic OH excluding ortho intramolecular Hbond substituents is 1. The van der Waals surface area contributed by atoms with Crippen LogP contribution >= 0.6 is 0 Å². The molecule has 3 N–H and O–H groups in total. The minimum absolute atomic E-state index is 0.0554. The first-order valence-electron chi connectivity index (χ1n) is 16.8. The van der Waals surface area contributed by atoms with Crippen molar-refractivity contribution in [2.45, 2.75) is 156 Å². The molecule has 0 saturated heterocycles. The minimum atomic E-state index is -0.653. The van der Waals surface area contributed by atoms with Crippen molar-refractivity contribution < 1.29 is 24.5 Å². The number of aliphatic carboxylic acids is 1. The van der Waals surface area contributed by atoms with E-state index >= 15 is 0 Å². The molecule has 0 unspecified atom stereocenters. The summed E-state index contributed by atoms with van der Waals surface area (Å²) in [5.74, 6) is 0.515. The average molecular weight is 590 g/mol. The van der Waals surface area contributed by atoms with Crippen molar-refractivity contribution in [2.75, 3.05) is 7.11 Å². The zero-order chi connectivity index (χ0) is 31.3. The summed E-state index contributed by atoms with van der Waals surface area (Å²) in [6.07, 6.45) is 28.1. The van der Waals surface area contributed by atoms with Gasteiger partial charge in [-0.05, 0) is 49.3 Å². The number of benzene rings is 1. The smallest absolute Gasteiger partial charge is 0.303 e. The SMILES string of the molecule is CCCCCCCCCCCCCCCCCC(=O)O.COc1cc(CNC(=O)CCCCC=CC(C)C)ccc1O. The second-order valence-corrected chi connectivity index (χ2v) is 11.8. The number of carbonyl (C=O) groups is 2. The number of amides is 1. The Morgan fingerprint density at radius 2 is 1.33 bits per heavy atom. The number of hydrogen-bond acceptors (Lipinski definition) is 4. The van der Waals surface area contributed by atoms with Gasteiger partial charge in [0.25, 0.3) is 0 Å². The van der Waals surface area contributed by atoms with E-state index in [4.69, 9.17) is 9.84 Å². The summed E-state index contributed by atoms with van der Waals surface area (Å²) in [6.45, 7) is 7.03. The van der Waals surface area contributed by atoms with Crippen LogP contribution in [0.25, 0.3) is 0 Å². The van der Waals surface area contributed by atoms with Crippen LogP contribution in [0.1, 0.15) is 155 Å². The highest BCUT2D eigenvalue weighted by Gasteiger charge is 2.05. The molecule has 0 aliphatic rings. The van der Waals surface area contributed by atoms with E-state index in [-0.39, 0.29) is 11.7 Å². The van der Waals surface area contributed by atoms with Crippen molar-refractivity contribution >= 4 is 11.9 Å². The maximum Gasteiger partial charge on any atom is 0.303 e. The van der Waals surface area contributed by atoms with Gasteiger partial charge >= 0.3 is 5.97 Å². The number of allylic oxidation sites excluding steroid dienone is 2. The second kappa shape index (κ2) is 28.6. The van der Waals surface area contributed by atoms with Crippen LogP contribution in [0.2, 0.25) is 0 Å². The molecule has 1 rings (SSSR count). The van der Waals surface area contributed by atoms with E-state index in [0.29, 0.717) is 31.1 Å². The molecule has 0 bridgehead atoms. The molecule has 242 valence electrons. The predicted octanol–water partition coefficient (Wildman–Crippen LogP) is 10.1. The Morgan fingerprint density at radius 3 is 1.83 bits per heavy atom. The van der Waals surface area contributed by atoms with Gasteiger partial charge in [0.2, 0.25) is 5.91 Å². The molecule has 6 heteroatoms. The fourth-order valence-corrected chi connectivity index (χ4v) is 4.68. The number of ether oxygens (including phenoxy) is 1. The third-order valence-electron chi connectivity index (χ3n) is 7.27. The molecule has 1 aromatic rings. The number of carbonyl (C=O) groups excluding carboxylic acids is 1. The molecule has 0 spiro atoms. The fraction of sp³-hybridized carbons (Fsp3) is 0.722. The highest BCUT2D eigenvalue weighted by molar-refractivity contribution is 5.75. The first kappa shape index (κ1) is 39.5. The van der Waals surface area contributed by atoms with Crippen LogP contribution in [-0.2, 0) is 16.1 Å². The number of carboxylic acids is 1. The van der Waals surface area contributed by atoms with Crippen LogP contribution in [0, 0.1) is 5.92 Å². The molecule has 0 radical (unpaired) electrons. The maximum absolute atomic E-state index is 11.8. The molecule has 0 heterocycles. The topological polar surface area (TPSA) is 95.9 Å². The third-order valence-corrected chi connectivity index (χ3v) is 7.27. The van der Waals surface area contributed by atoms with Crippen molar-refractivity contribution in [3.8, 4) is 11.5 Å². The number of nitrogens with one attached hydrogen (secondary N) is 1. The molecule has 0 atom stereocenters. The van der Waals surface area contributed by atoms with E-state index in [1.807, 2.05) is 0 Å². The number of methoxy groups -OCH3 is 1. The van der Waals surface area contributed by atoms with E-state index in [9.17, 15) is 14.7 Å². The number of unbranched alkanes of at least 4 members (excludes halogenated alkanes) is 16. The van der Waals surface area contributed by atoms with Gasteiger partial charge < -0.3 is 20.3 Å². The van der Waals surface area contributed by atoms with E-state index in [1.54, 1.807) is 18.2 Å². The van der Waals surface area contributed by atoms with Crippen LogP contribution < -0.4 is 10.1 Å². The quantitative estimate of drug-likeness (QED) is 0.0779. The Hall–Kier alpha value is -2.50. The summed E-state index contributed by atoms with van der Waals surface area (Å²) in [5, 5.41) is 20.9. The summed E-state index contributed by atoms with van der Waals surface area (Å²) in [6, 6.07) is 5.07. The van der Waals surface area contributed by atoms with Gasteiger partial charge in [0.15, 0.2) is 11.5 Å². The van der Waals surface area contributed by atoms with E-state index < -0.39 is 5.97 Å². The Labute approximate surface area is 257 Å². The number of rotatable bonds is 25. The Bertz CT molecular complexity index is 821. The zero-order valence-corrected chi connectivity index (χ0v) is 27.4. The van der Waals surface area contributed by atoms with Gasteiger partial charge in [0, 0.05) is 19.4 Å². The van der Waals surface area contributed by atoms with E-state index in [0.717, 1.165) is 37.7 Å². The lowest BCUT2D eigenvalue weighted by Crippen LogP contribution is -2.22. The van der Waals surface area contributed by atoms with Crippen molar-refractivity contribution in [1.29, 1.82) is 0 Å². The zero-order valence-electron chi connectivity index (χ0n) is 27.4. The highest BCUT2D eigenvalue weighted by atomic mass is 16.5. The number of phenols is 1. The molecule has 0 fully saturated rings. The van der Waals surface area contributed by atoms with Gasteiger partial charge in [0.05, 0.1) is 7.11 Å². The van der Waals surface area contributed by atoms with Gasteiger partial charge in [-0.25, -0.2) is 0 Å². The van der Waals surface area contributed by atoms with E-state index in [1.165, 1.54) is 90.6 Å². The van der Waals surface area contributed by atoms with Gasteiger partial charge in [-0.15, -0.1) is 0 Å². The lowest BCUT2D eigenvalue weighted by molar-refractivity contribution is -0.137. The molecule has 0 aromatic heterocycles. The van der Waals surface area contributed by atoms with Crippen molar-refractivity contribution in [3.63, 3.8) is 0 Å². The summed E-state index contributed by atoms with van der Waals surface area (Å²) in [5.41, 5.74) is 0.905. The number of hydrogen-bond donors (Lipinski definition) is 3. The molecule has 0 aliphatic heterocycles. The molecular formula is C36H63NO5. The molecule has 42 heavy (non-hydrogen) atoms. The highest BCUT2D eigenvalue weighted by Crippen LogP contribution is 2.26. The normalized spacial score (nSPS) is 11.0. The van der Waals surface area contributed by atoms with Gasteiger partial charge in [-0.1, -0.05) is 129 Å². The number of carboxylic acid groups (broad SMARTS) is 1. The van der Waals surface area contributed by atoms with Gasteiger partial charge in [-0.3, -0.25) is 9.59 Å². The van der Waals surface area contributed by atoms with Crippen molar-refractivity contribution in [1.82, 2.24) is 5.32 Å². The Kier molecular flexibility index (Phi) is 26.9. The maximum atomic E-state index is 11.8.